The standard InChI is InChI=1S/C32H32NO4P/c1-4-23-33(24-5-2)38(36,31-9-7-6-8-10-31)37-30-21-15-27(16-22-30)32(3,25-11-17-28(34)18-12-25)26-13-19-29(35)20-14-26/h4-22,34-35H,1-2,23-24H2,3H3. The van der Waals surface area contributed by atoms with Crippen molar-refractivity contribution in [2.24, 2.45) is 0 Å². The SMILES string of the molecule is C=CCN(CC=C)P(=O)(Oc1ccc(C(C)(c2ccc(O)cc2)c2ccc(O)cc2)cc1)c1ccccc1. The van der Waals surface area contributed by atoms with Gasteiger partial charge < -0.3 is 14.7 Å². The first-order chi connectivity index (χ1) is 18.3. The molecule has 4 rings (SSSR count). The molecule has 0 radical (unpaired) electrons. The third-order valence-corrected chi connectivity index (χ3v) is 9.16. The summed E-state index contributed by atoms with van der Waals surface area (Å²) < 4.78 is 22.4. The smallest absolute Gasteiger partial charge is 0.350 e. The molecule has 0 amide bonds. The number of nitrogens with zero attached hydrogens (tertiary/aromatic N) is 1. The van der Waals surface area contributed by atoms with E-state index in [1.54, 1.807) is 53.2 Å². The minimum Gasteiger partial charge on any atom is -0.508 e. The molecule has 5 nitrogen and oxygen atoms in total. The predicted octanol–water partition coefficient (Wildman–Crippen LogP) is 7.02. The van der Waals surface area contributed by atoms with Gasteiger partial charge >= 0.3 is 7.52 Å². The van der Waals surface area contributed by atoms with Crippen LogP contribution in [-0.2, 0) is 9.98 Å². The quantitative estimate of drug-likeness (QED) is 0.125. The summed E-state index contributed by atoms with van der Waals surface area (Å²) in [4.78, 5) is 0. The highest BCUT2D eigenvalue weighted by Gasteiger charge is 2.35. The van der Waals surface area contributed by atoms with Gasteiger partial charge in [0.15, 0.2) is 0 Å². The molecule has 194 valence electrons. The number of hydrogen-bond donors (Lipinski definition) is 2. The maximum Gasteiger partial charge on any atom is 0.350 e. The summed E-state index contributed by atoms with van der Waals surface area (Å²) in [6, 6.07) is 30.9. The fourth-order valence-electron chi connectivity index (χ4n) is 4.56. The van der Waals surface area contributed by atoms with E-state index in [1.807, 2.05) is 66.7 Å². The third kappa shape index (κ3) is 5.45. The van der Waals surface area contributed by atoms with E-state index >= 15 is 0 Å². The Morgan fingerprint density at radius 2 is 1.16 bits per heavy atom. The van der Waals surface area contributed by atoms with Gasteiger partial charge in [-0.2, -0.15) is 0 Å². The Bertz CT molecular complexity index is 1360. The molecule has 0 saturated heterocycles. The van der Waals surface area contributed by atoms with Crippen molar-refractivity contribution in [1.29, 1.82) is 0 Å². The van der Waals surface area contributed by atoms with E-state index in [0.29, 0.717) is 24.1 Å². The normalized spacial score (nSPS) is 13.0. The fourth-order valence-corrected chi connectivity index (χ4v) is 6.72. The first kappa shape index (κ1) is 27.0. The van der Waals surface area contributed by atoms with Gasteiger partial charge in [-0.3, -0.25) is 4.57 Å². The van der Waals surface area contributed by atoms with E-state index < -0.39 is 12.9 Å². The summed E-state index contributed by atoms with van der Waals surface area (Å²) in [7, 11) is -3.48. The summed E-state index contributed by atoms with van der Waals surface area (Å²) in [6.45, 7) is 10.5. The topological polar surface area (TPSA) is 70.0 Å². The Kier molecular flexibility index (Phi) is 8.21. The van der Waals surface area contributed by atoms with E-state index in [1.165, 1.54) is 0 Å². The predicted molar refractivity (Wildman–Crippen MR) is 154 cm³/mol. The molecular weight excluding hydrogens is 493 g/mol. The maximum atomic E-state index is 14.4. The zero-order chi connectivity index (χ0) is 27.2. The highest BCUT2D eigenvalue weighted by molar-refractivity contribution is 7.65. The van der Waals surface area contributed by atoms with Crippen LogP contribution in [0.2, 0.25) is 0 Å². The first-order valence-electron chi connectivity index (χ1n) is 12.3. The van der Waals surface area contributed by atoms with Crippen molar-refractivity contribution in [2.45, 2.75) is 12.3 Å². The summed E-state index contributed by atoms with van der Waals surface area (Å²) in [5.74, 6) is 0.842. The number of benzene rings is 4. The van der Waals surface area contributed by atoms with Gasteiger partial charge in [0.05, 0.1) is 5.30 Å². The summed E-state index contributed by atoms with van der Waals surface area (Å²) in [5, 5.41) is 20.3. The fraction of sp³-hybridized carbons (Fsp3) is 0.125. The van der Waals surface area contributed by atoms with Gasteiger partial charge in [-0.15, -0.1) is 13.2 Å². The second kappa shape index (κ2) is 11.6. The van der Waals surface area contributed by atoms with Crippen molar-refractivity contribution in [3.05, 3.63) is 145 Å². The number of rotatable bonds is 11. The summed E-state index contributed by atoms with van der Waals surface area (Å²) >= 11 is 0. The molecule has 2 N–H and O–H groups in total. The highest BCUT2D eigenvalue weighted by atomic mass is 31.2. The van der Waals surface area contributed by atoms with Crippen molar-refractivity contribution in [1.82, 2.24) is 4.67 Å². The van der Waals surface area contributed by atoms with Gasteiger partial charge in [-0.1, -0.05) is 66.7 Å². The second-order valence-corrected chi connectivity index (χ2v) is 11.4. The Morgan fingerprint density at radius 3 is 1.58 bits per heavy atom. The van der Waals surface area contributed by atoms with Gasteiger partial charge in [-0.05, 0) is 72.1 Å². The van der Waals surface area contributed by atoms with Gasteiger partial charge in [0.1, 0.15) is 17.2 Å². The Balaban J connectivity index is 1.76. The molecule has 4 aromatic rings. The zero-order valence-electron chi connectivity index (χ0n) is 21.4. The van der Waals surface area contributed by atoms with E-state index in [4.69, 9.17) is 4.52 Å². The molecule has 0 saturated carbocycles. The lowest BCUT2D eigenvalue weighted by molar-refractivity contribution is 0.399. The molecule has 0 spiro atoms. The Morgan fingerprint density at radius 1 is 0.737 bits per heavy atom. The van der Waals surface area contributed by atoms with Crippen LogP contribution in [0.15, 0.2) is 128 Å². The molecule has 0 bridgehead atoms. The second-order valence-electron chi connectivity index (χ2n) is 9.14. The van der Waals surface area contributed by atoms with E-state index in [0.717, 1.165) is 16.7 Å². The monoisotopic (exact) mass is 525 g/mol. The Labute approximate surface area is 224 Å². The van der Waals surface area contributed by atoms with Crippen LogP contribution in [0.25, 0.3) is 0 Å². The van der Waals surface area contributed by atoms with Crippen molar-refractivity contribution in [2.75, 3.05) is 13.1 Å². The number of phenols is 2. The summed E-state index contributed by atoms with van der Waals surface area (Å²) in [6.07, 6.45) is 3.40. The van der Waals surface area contributed by atoms with Gasteiger partial charge in [0, 0.05) is 18.5 Å². The maximum absolute atomic E-state index is 14.4. The molecule has 38 heavy (non-hydrogen) atoms. The molecule has 1 atom stereocenters. The lowest BCUT2D eigenvalue weighted by Crippen LogP contribution is -2.29. The zero-order valence-corrected chi connectivity index (χ0v) is 22.3. The first-order valence-corrected chi connectivity index (χ1v) is 13.9. The molecule has 0 heterocycles. The van der Waals surface area contributed by atoms with Crippen LogP contribution in [0.1, 0.15) is 23.6 Å². The average molecular weight is 526 g/mol. The molecule has 1 unspecified atom stereocenters. The van der Waals surface area contributed by atoms with Crippen LogP contribution in [0.5, 0.6) is 17.2 Å². The van der Waals surface area contributed by atoms with Crippen LogP contribution in [0, 0.1) is 0 Å². The van der Waals surface area contributed by atoms with Crippen LogP contribution in [0.4, 0.5) is 0 Å². The van der Waals surface area contributed by atoms with Gasteiger partial charge in [-0.25, -0.2) is 4.67 Å². The van der Waals surface area contributed by atoms with Gasteiger partial charge in [0.25, 0.3) is 0 Å². The van der Waals surface area contributed by atoms with Crippen molar-refractivity contribution >= 4 is 12.8 Å². The molecule has 4 aromatic carbocycles. The largest absolute Gasteiger partial charge is 0.508 e. The average Bonchev–Trinajstić information content (AvgIpc) is 2.94. The van der Waals surface area contributed by atoms with E-state index in [-0.39, 0.29) is 11.5 Å². The molecule has 0 aliphatic rings. The van der Waals surface area contributed by atoms with E-state index in [2.05, 4.69) is 20.1 Å². The molecular formula is C32H32NO4P. The van der Waals surface area contributed by atoms with Crippen LogP contribution < -0.4 is 9.83 Å². The minimum absolute atomic E-state index is 0.186. The number of phenolic OH excluding ortho intramolecular Hbond substituents is 2. The third-order valence-electron chi connectivity index (χ3n) is 6.68. The minimum atomic E-state index is -3.48. The lowest BCUT2D eigenvalue weighted by atomic mass is 9.71. The molecule has 0 fully saturated rings. The molecule has 6 heteroatoms. The number of aromatic hydroxyl groups is 2. The van der Waals surface area contributed by atoms with Crippen molar-refractivity contribution in [3.63, 3.8) is 0 Å². The van der Waals surface area contributed by atoms with Gasteiger partial charge in [0.2, 0.25) is 0 Å². The molecule has 0 aromatic heterocycles. The van der Waals surface area contributed by atoms with Crippen molar-refractivity contribution < 1.29 is 19.3 Å². The van der Waals surface area contributed by atoms with Crippen LogP contribution >= 0.6 is 7.52 Å². The lowest BCUT2D eigenvalue weighted by Gasteiger charge is -2.33. The Hall–Kier alpha value is -4.05. The van der Waals surface area contributed by atoms with E-state index in [9.17, 15) is 14.8 Å². The van der Waals surface area contributed by atoms with Crippen molar-refractivity contribution in [3.8, 4) is 17.2 Å². The highest BCUT2D eigenvalue weighted by Crippen LogP contribution is 2.50. The molecule has 0 aliphatic heterocycles. The molecule has 0 aliphatic carbocycles. The van der Waals surface area contributed by atoms with Crippen LogP contribution in [0.3, 0.4) is 0 Å². The summed E-state index contributed by atoms with van der Waals surface area (Å²) in [5.41, 5.74) is 2.30. The van der Waals surface area contributed by atoms with Crippen LogP contribution in [-0.4, -0.2) is 28.0 Å². The number of hydrogen-bond acceptors (Lipinski definition) is 4.